The molecule has 1 aromatic heterocycles. The van der Waals surface area contributed by atoms with Gasteiger partial charge in [0, 0.05) is 25.5 Å². The van der Waals surface area contributed by atoms with Gasteiger partial charge in [-0.3, -0.25) is 19.8 Å². The SMILES string of the molecule is Cc1nccn1CCN1C(=O)CNC(C)C1=O. The predicted octanol–water partition coefficient (Wildman–Crippen LogP) is -0.462. The minimum absolute atomic E-state index is 0.154. The molecule has 2 amide bonds. The van der Waals surface area contributed by atoms with Crippen LogP contribution in [0.1, 0.15) is 12.7 Å². The van der Waals surface area contributed by atoms with Crippen molar-refractivity contribution >= 4 is 11.8 Å². The smallest absolute Gasteiger partial charge is 0.246 e. The predicted molar refractivity (Wildman–Crippen MR) is 61.1 cm³/mol. The number of nitrogens with one attached hydrogen (secondary N) is 1. The van der Waals surface area contributed by atoms with E-state index in [1.54, 1.807) is 13.1 Å². The van der Waals surface area contributed by atoms with Crippen LogP contribution in [0.5, 0.6) is 0 Å². The van der Waals surface area contributed by atoms with E-state index in [4.69, 9.17) is 0 Å². The lowest BCUT2D eigenvalue weighted by atomic mass is 10.2. The molecule has 2 heterocycles. The Morgan fingerprint density at radius 1 is 1.47 bits per heavy atom. The molecule has 1 aromatic rings. The van der Waals surface area contributed by atoms with Crippen molar-refractivity contribution in [1.82, 2.24) is 19.8 Å². The summed E-state index contributed by atoms with van der Waals surface area (Å²) in [6, 6.07) is -0.281. The van der Waals surface area contributed by atoms with Crippen molar-refractivity contribution < 1.29 is 9.59 Å². The van der Waals surface area contributed by atoms with Crippen LogP contribution in [-0.2, 0) is 16.1 Å². The van der Waals surface area contributed by atoms with E-state index >= 15 is 0 Å². The number of imidazole rings is 1. The van der Waals surface area contributed by atoms with E-state index in [0.717, 1.165) is 5.82 Å². The molecule has 1 aliphatic rings. The maximum absolute atomic E-state index is 11.8. The molecular weight excluding hydrogens is 220 g/mol. The second-order valence-corrected chi connectivity index (χ2v) is 4.15. The number of nitrogens with zero attached hydrogens (tertiary/aromatic N) is 3. The van der Waals surface area contributed by atoms with Gasteiger partial charge >= 0.3 is 0 Å². The summed E-state index contributed by atoms with van der Waals surface area (Å²) >= 11 is 0. The van der Waals surface area contributed by atoms with Gasteiger partial charge in [-0.25, -0.2) is 4.98 Å². The van der Waals surface area contributed by atoms with Crippen molar-refractivity contribution in [3.63, 3.8) is 0 Å². The Morgan fingerprint density at radius 2 is 2.24 bits per heavy atom. The van der Waals surface area contributed by atoms with E-state index in [9.17, 15) is 9.59 Å². The maximum atomic E-state index is 11.8. The monoisotopic (exact) mass is 236 g/mol. The first-order valence-corrected chi connectivity index (χ1v) is 5.65. The Hall–Kier alpha value is -1.69. The van der Waals surface area contributed by atoms with Gasteiger partial charge in [0.2, 0.25) is 11.8 Å². The summed E-state index contributed by atoms with van der Waals surface area (Å²) in [5.74, 6) is 0.568. The molecule has 0 saturated carbocycles. The van der Waals surface area contributed by atoms with Gasteiger partial charge in [-0.2, -0.15) is 0 Å². The van der Waals surface area contributed by atoms with Gasteiger partial charge in [0.25, 0.3) is 0 Å². The third-order valence-corrected chi connectivity index (χ3v) is 2.99. The number of amides is 2. The maximum Gasteiger partial charge on any atom is 0.246 e. The zero-order valence-electron chi connectivity index (χ0n) is 10.0. The molecular formula is C11H16N4O2. The van der Waals surface area contributed by atoms with Crippen LogP contribution in [-0.4, -0.2) is 45.4 Å². The topological polar surface area (TPSA) is 67.2 Å². The second-order valence-electron chi connectivity index (χ2n) is 4.15. The number of aromatic nitrogens is 2. The van der Waals surface area contributed by atoms with E-state index in [0.29, 0.717) is 13.1 Å². The largest absolute Gasteiger partial charge is 0.333 e. The number of hydrogen-bond acceptors (Lipinski definition) is 4. The quantitative estimate of drug-likeness (QED) is 0.721. The van der Waals surface area contributed by atoms with Crippen molar-refractivity contribution in [1.29, 1.82) is 0 Å². The summed E-state index contributed by atoms with van der Waals surface area (Å²) in [4.78, 5) is 28.8. The van der Waals surface area contributed by atoms with Crippen LogP contribution < -0.4 is 5.32 Å². The number of rotatable bonds is 3. The first-order chi connectivity index (χ1) is 8.09. The molecule has 6 nitrogen and oxygen atoms in total. The summed E-state index contributed by atoms with van der Waals surface area (Å²) in [7, 11) is 0. The molecule has 0 spiro atoms. The van der Waals surface area contributed by atoms with Crippen molar-refractivity contribution in [2.75, 3.05) is 13.1 Å². The number of hydrogen-bond donors (Lipinski definition) is 1. The molecule has 92 valence electrons. The lowest BCUT2D eigenvalue weighted by molar-refractivity contribution is -0.149. The van der Waals surface area contributed by atoms with E-state index in [2.05, 4.69) is 10.3 Å². The lowest BCUT2D eigenvalue weighted by Crippen LogP contribution is -2.57. The lowest BCUT2D eigenvalue weighted by Gasteiger charge is -2.29. The molecule has 0 aromatic carbocycles. The molecule has 1 unspecified atom stereocenters. The Morgan fingerprint density at radius 3 is 2.88 bits per heavy atom. The Balaban J connectivity index is 2.00. The molecule has 6 heteroatoms. The Bertz CT molecular complexity index is 440. The molecule has 1 aliphatic heterocycles. The first kappa shape index (κ1) is 11.8. The second kappa shape index (κ2) is 4.67. The number of carbonyl (C=O) groups excluding carboxylic acids is 2. The zero-order valence-corrected chi connectivity index (χ0v) is 10.0. The highest BCUT2D eigenvalue weighted by Crippen LogP contribution is 2.04. The molecule has 2 rings (SSSR count). The van der Waals surface area contributed by atoms with Crippen LogP contribution in [0.4, 0.5) is 0 Å². The van der Waals surface area contributed by atoms with Gasteiger partial charge < -0.3 is 4.57 Å². The summed E-state index contributed by atoms with van der Waals surface area (Å²) < 4.78 is 1.92. The average molecular weight is 236 g/mol. The van der Waals surface area contributed by atoms with Gasteiger partial charge in [-0.05, 0) is 13.8 Å². The minimum Gasteiger partial charge on any atom is -0.333 e. The molecule has 1 fully saturated rings. The highest BCUT2D eigenvalue weighted by atomic mass is 16.2. The van der Waals surface area contributed by atoms with Crippen LogP contribution in [0.3, 0.4) is 0 Å². The van der Waals surface area contributed by atoms with Gasteiger partial charge in [0.05, 0.1) is 12.6 Å². The van der Waals surface area contributed by atoms with Crippen molar-refractivity contribution in [3.8, 4) is 0 Å². The number of imide groups is 1. The summed E-state index contributed by atoms with van der Waals surface area (Å²) in [6.45, 7) is 4.89. The molecule has 1 saturated heterocycles. The highest BCUT2D eigenvalue weighted by molar-refractivity contribution is 6.00. The van der Waals surface area contributed by atoms with Crippen LogP contribution in [0.15, 0.2) is 12.4 Å². The van der Waals surface area contributed by atoms with Crippen LogP contribution in [0.25, 0.3) is 0 Å². The zero-order chi connectivity index (χ0) is 12.4. The molecule has 1 N–H and O–H groups in total. The third-order valence-electron chi connectivity index (χ3n) is 2.99. The van der Waals surface area contributed by atoms with E-state index in [-0.39, 0.29) is 24.4 Å². The number of carbonyl (C=O) groups is 2. The van der Waals surface area contributed by atoms with E-state index < -0.39 is 0 Å². The number of piperazine rings is 1. The van der Waals surface area contributed by atoms with Gasteiger partial charge in [-0.15, -0.1) is 0 Å². The van der Waals surface area contributed by atoms with E-state index in [1.165, 1.54) is 4.90 Å². The average Bonchev–Trinajstić information content (AvgIpc) is 2.70. The highest BCUT2D eigenvalue weighted by Gasteiger charge is 2.30. The van der Waals surface area contributed by atoms with Crippen molar-refractivity contribution in [3.05, 3.63) is 18.2 Å². The molecule has 0 aliphatic carbocycles. The molecule has 1 atom stereocenters. The van der Waals surface area contributed by atoms with Gasteiger partial charge in [-0.1, -0.05) is 0 Å². The van der Waals surface area contributed by atoms with Crippen LogP contribution in [0, 0.1) is 6.92 Å². The van der Waals surface area contributed by atoms with Gasteiger partial charge in [0.15, 0.2) is 0 Å². The Labute approximate surface area is 99.6 Å². The summed E-state index contributed by atoms with van der Waals surface area (Å²) in [6.07, 6.45) is 3.55. The van der Waals surface area contributed by atoms with Crippen LogP contribution in [0.2, 0.25) is 0 Å². The first-order valence-electron chi connectivity index (χ1n) is 5.65. The van der Waals surface area contributed by atoms with Gasteiger partial charge in [0.1, 0.15) is 5.82 Å². The summed E-state index contributed by atoms with van der Waals surface area (Å²) in [5, 5.41) is 2.86. The van der Waals surface area contributed by atoms with E-state index in [1.807, 2.05) is 17.7 Å². The molecule has 0 bridgehead atoms. The van der Waals surface area contributed by atoms with Crippen molar-refractivity contribution in [2.45, 2.75) is 26.4 Å². The molecule has 0 radical (unpaired) electrons. The third kappa shape index (κ3) is 2.36. The molecule has 17 heavy (non-hydrogen) atoms. The summed E-state index contributed by atoms with van der Waals surface area (Å²) in [5.41, 5.74) is 0. The minimum atomic E-state index is -0.281. The normalized spacial score (nSPS) is 21.1. The van der Waals surface area contributed by atoms with Crippen LogP contribution >= 0.6 is 0 Å². The Kier molecular flexibility index (Phi) is 3.23. The van der Waals surface area contributed by atoms with Crippen molar-refractivity contribution in [2.24, 2.45) is 0 Å². The standard InChI is InChI=1S/C11H16N4O2/c1-8-11(17)15(10(16)7-13-8)6-5-14-4-3-12-9(14)2/h3-4,8,13H,5-7H2,1-2H3. The number of aryl methyl sites for hydroxylation is 1. The fourth-order valence-corrected chi connectivity index (χ4v) is 1.86. The fraction of sp³-hybridized carbons (Fsp3) is 0.545. The fourth-order valence-electron chi connectivity index (χ4n) is 1.86.